The molecule has 0 bridgehead atoms. The van der Waals surface area contributed by atoms with Crippen molar-refractivity contribution in [2.45, 2.75) is 44.8 Å². The Morgan fingerprint density at radius 2 is 2.12 bits per heavy atom. The van der Waals surface area contributed by atoms with Crippen LogP contribution in [0, 0.1) is 0 Å². The number of aromatic nitrogens is 2. The first-order valence-electron chi connectivity index (χ1n) is 8.59. The van der Waals surface area contributed by atoms with Gasteiger partial charge in [-0.25, -0.2) is 4.79 Å². The molecule has 0 aliphatic heterocycles. The van der Waals surface area contributed by atoms with Gasteiger partial charge in [0, 0.05) is 36.7 Å². The van der Waals surface area contributed by atoms with Crippen LogP contribution in [0.5, 0.6) is 0 Å². The molecule has 1 heterocycles. The van der Waals surface area contributed by atoms with Gasteiger partial charge in [0.05, 0.1) is 0 Å². The second-order valence-electron chi connectivity index (χ2n) is 6.29. The van der Waals surface area contributed by atoms with E-state index in [1.54, 1.807) is 6.20 Å². The number of carbonyl (C=O) groups is 1. The van der Waals surface area contributed by atoms with Crippen molar-refractivity contribution in [2.24, 2.45) is 0 Å². The topological polar surface area (TPSA) is 71.0 Å². The van der Waals surface area contributed by atoms with Gasteiger partial charge < -0.3 is 16.0 Å². The smallest absolute Gasteiger partial charge is 0.319 e. The van der Waals surface area contributed by atoms with Crippen LogP contribution < -0.4 is 16.0 Å². The number of aryl methyl sites for hydroxylation is 1. The predicted molar refractivity (Wildman–Crippen MR) is 94.9 cm³/mol. The lowest BCUT2D eigenvalue weighted by Crippen LogP contribution is -2.30. The van der Waals surface area contributed by atoms with Crippen LogP contribution in [-0.2, 0) is 6.54 Å². The highest BCUT2D eigenvalue weighted by atomic mass is 16.2. The summed E-state index contributed by atoms with van der Waals surface area (Å²) in [4.78, 5) is 11.7. The average Bonchev–Trinajstić information content (AvgIpc) is 3.23. The maximum Gasteiger partial charge on any atom is 0.319 e. The van der Waals surface area contributed by atoms with Crippen molar-refractivity contribution in [3.8, 4) is 0 Å². The van der Waals surface area contributed by atoms with Crippen molar-refractivity contribution in [1.29, 1.82) is 0 Å². The molecule has 1 aliphatic rings. The molecular formula is C18H25N5O. The summed E-state index contributed by atoms with van der Waals surface area (Å²) in [5.74, 6) is 0. The van der Waals surface area contributed by atoms with Crippen molar-refractivity contribution in [2.75, 3.05) is 11.9 Å². The van der Waals surface area contributed by atoms with E-state index in [0.717, 1.165) is 38.0 Å². The van der Waals surface area contributed by atoms with Gasteiger partial charge >= 0.3 is 6.03 Å². The monoisotopic (exact) mass is 327 g/mol. The lowest BCUT2D eigenvalue weighted by molar-refractivity contribution is 0.251. The molecular weight excluding hydrogens is 302 g/mol. The number of nitrogens with one attached hydrogen (secondary N) is 3. The number of benzene rings is 1. The first-order valence-corrected chi connectivity index (χ1v) is 8.59. The van der Waals surface area contributed by atoms with Gasteiger partial charge in [-0.3, -0.25) is 4.68 Å². The Balaban J connectivity index is 1.39. The fourth-order valence-electron chi connectivity index (χ4n) is 2.55. The third-order valence-electron chi connectivity index (χ3n) is 4.15. The Labute approximate surface area is 142 Å². The number of hydrogen-bond donors (Lipinski definition) is 3. The highest BCUT2D eigenvalue weighted by molar-refractivity contribution is 5.89. The molecule has 1 aromatic carbocycles. The van der Waals surface area contributed by atoms with Gasteiger partial charge in [0.15, 0.2) is 0 Å². The van der Waals surface area contributed by atoms with Gasteiger partial charge in [-0.15, -0.1) is 0 Å². The Morgan fingerprint density at radius 3 is 2.79 bits per heavy atom. The Kier molecular flexibility index (Phi) is 5.48. The average molecular weight is 327 g/mol. The van der Waals surface area contributed by atoms with Crippen molar-refractivity contribution >= 4 is 11.7 Å². The number of urea groups is 1. The van der Waals surface area contributed by atoms with Crippen molar-refractivity contribution in [3.63, 3.8) is 0 Å². The molecule has 0 spiro atoms. The van der Waals surface area contributed by atoms with Crippen LogP contribution in [0.25, 0.3) is 0 Å². The van der Waals surface area contributed by atoms with Crippen LogP contribution >= 0.6 is 0 Å². The minimum atomic E-state index is -0.116. The molecule has 128 valence electrons. The van der Waals surface area contributed by atoms with E-state index in [2.05, 4.69) is 40.1 Å². The summed E-state index contributed by atoms with van der Waals surface area (Å²) in [5.41, 5.74) is 2.03. The minimum absolute atomic E-state index is 0.116. The molecule has 2 aromatic rings. The molecule has 0 saturated heterocycles. The van der Waals surface area contributed by atoms with Crippen LogP contribution in [0.2, 0.25) is 0 Å². The molecule has 1 atom stereocenters. The summed E-state index contributed by atoms with van der Waals surface area (Å²) in [5, 5.41) is 13.5. The van der Waals surface area contributed by atoms with Crippen LogP contribution in [0.3, 0.4) is 0 Å². The summed E-state index contributed by atoms with van der Waals surface area (Å²) in [6.45, 7) is 4.01. The second kappa shape index (κ2) is 7.97. The van der Waals surface area contributed by atoms with E-state index < -0.39 is 0 Å². The maximum atomic E-state index is 11.7. The zero-order valence-corrected chi connectivity index (χ0v) is 14.0. The fraction of sp³-hybridized carbons (Fsp3) is 0.444. The normalized spacial score (nSPS) is 15.0. The first kappa shape index (κ1) is 16.5. The van der Waals surface area contributed by atoms with E-state index in [4.69, 9.17) is 0 Å². The van der Waals surface area contributed by atoms with Crippen LogP contribution in [-0.4, -0.2) is 28.4 Å². The fourth-order valence-corrected chi connectivity index (χ4v) is 2.55. The van der Waals surface area contributed by atoms with Gasteiger partial charge in [-0.2, -0.15) is 5.10 Å². The number of carbonyl (C=O) groups excluding carboxylic acids is 1. The van der Waals surface area contributed by atoms with E-state index in [1.807, 2.05) is 29.1 Å². The van der Waals surface area contributed by atoms with E-state index in [9.17, 15) is 4.79 Å². The predicted octanol–water partition coefficient (Wildman–Crippen LogP) is 2.91. The number of hydrogen-bond acceptors (Lipinski definition) is 3. The number of anilines is 1. The summed E-state index contributed by atoms with van der Waals surface area (Å²) in [7, 11) is 0. The Bertz CT molecular complexity index is 634. The van der Waals surface area contributed by atoms with Crippen LogP contribution in [0.4, 0.5) is 10.5 Å². The molecule has 1 aliphatic carbocycles. The van der Waals surface area contributed by atoms with E-state index in [0.29, 0.717) is 6.04 Å². The molecule has 3 N–H and O–H groups in total. The third kappa shape index (κ3) is 5.09. The van der Waals surface area contributed by atoms with Gasteiger partial charge in [-0.1, -0.05) is 12.1 Å². The zero-order valence-electron chi connectivity index (χ0n) is 14.0. The SMILES string of the molecule is C[C@@H](NCCCn1cccn1)c1ccc(NC(=O)NC2CC2)cc1. The highest BCUT2D eigenvalue weighted by Crippen LogP contribution is 2.19. The van der Waals surface area contributed by atoms with Gasteiger partial charge in [0.2, 0.25) is 0 Å². The standard InChI is InChI=1S/C18H25N5O/c1-14(19-10-2-12-23-13-3-11-20-23)15-4-6-16(7-5-15)21-18(24)22-17-8-9-17/h3-7,11,13-14,17,19H,2,8-10,12H2,1H3,(H2,21,22,24)/t14-/m1/s1. The molecule has 6 nitrogen and oxygen atoms in total. The number of rotatable bonds is 8. The van der Waals surface area contributed by atoms with Gasteiger partial charge in [0.25, 0.3) is 0 Å². The third-order valence-corrected chi connectivity index (χ3v) is 4.15. The molecule has 1 aromatic heterocycles. The molecule has 3 rings (SSSR count). The molecule has 24 heavy (non-hydrogen) atoms. The zero-order chi connectivity index (χ0) is 16.8. The number of nitrogens with zero attached hydrogens (tertiary/aromatic N) is 2. The van der Waals surface area contributed by atoms with E-state index >= 15 is 0 Å². The quantitative estimate of drug-likeness (QED) is 0.653. The van der Waals surface area contributed by atoms with E-state index in [-0.39, 0.29) is 12.1 Å². The summed E-state index contributed by atoms with van der Waals surface area (Å²) >= 11 is 0. The maximum absolute atomic E-state index is 11.7. The van der Waals surface area contributed by atoms with Gasteiger partial charge in [0.1, 0.15) is 0 Å². The van der Waals surface area contributed by atoms with E-state index in [1.165, 1.54) is 5.56 Å². The molecule has 2 amide bonds. The lowest BCUT2D eigenvalue weighted by atomic mass is 10.1. The minimum Gasteiger partial charge on any atom is -0.335 e. The second-order valence-corrected chi connectivity index (χ2v) is 6.29. The molecule has 1 fully saturated rings. The largest absolute Gasteiger partial charge is 0.335 e. The summed E-state index contributed by atoms with van der Waals surface area (Å²) in [6, 6.07) is 10.5. The summed E-state index contributed by atoms with van der Waals surface area (Å²) in [6.07, 6.45) is 7.00. The van der Waals surface area contributed by atoms with Crippen LogP contribution in [0.15, 0.2) is 42.7 Å². The molecule has 1 saturated carbocycles. The van der Waals surface area contributed by atoms with Gasteiger partial charge in [-0.05, 0) is 56.5 Å². The Morgan fingerprint density at radius 1 is 1.33 bits per heavy atom. The molecule has 6 heteroatoms. The first-order chi connectivity index (χ1) is 11.7. The molecule has 0 unspecified atom stereocenters. The van der Waals surface area contributed by atoms with Crippen molar-refractivity contribution < 1.29 is 4.79 Å². The lowest BCUT2D eigenvalue weighted by Gasteiger charge is -2.15. The highest BCUT2D eigenvalue weighted by Gasteiger charge is 2.23. The molecule has 0 radical (unpaired) electrons. The van der Waals surface area contributed by atoms with Crippen molar-refractivity contribution in [1.82, 2.24) is 20.4 Å². The van der Waals surface area contributed by atoms with Crippen molar-refractivity contribution in [3.05, 3.63) is 48.3 Å². The number of amides is 2. The van der Waals surface area contributed by atoms with Crippen LogP contribution in [0.1, 0.15) is 37.8 Å². The summed E-state index contributed by atoms with van der Waals surface area (Å²) < 4.78 is 1.94. The Hall–Kier alpha value is -2.34.